The second-order valence-corrected chi connectivity index (χ2v) is 18.6. The van der Waals surface area contributed by atoms with Crippen LogP contribution < -0.4 is 20.9 Å². The van der Waals surface area contributed by atoms with Crippen LogP contribution in [0.5, 0.6) is 5.75 Å². The Bertz CT molecular complexity index is 2420. The Hall–Kier alpha value is -6.35. The van der Waals surface area contributed by atoms with E-state index in [1.54, 1.807) is 37.4 Å². The molecule has 334 valence electrons. The molecule has 4 amide bonds. The second kappa shape index (κ2) is 17.7. The maximum atomic E-state index is 14.7. The first-order valence-electron chi connectivity index (χ1n) is 22.6. The SMILES string of the molecule is CN(C(=O)c1cc(N2CCC(CCN3CCC4(C3)CN(C(=O)C3(c5ccccc5)CCN(c5cc(-c6ccccc6O)nnc5N)CC3)C4)CC2)ccc1C=O)C1CCC(=O)NC1=O. The molecule has 5 fully saturated rings. The van der Waals surface area contributed by atoms with Crippen LogP contribution in [-0.4, -0.2) is 132 Å². The number of phenols is 1. The number of amides is 4. The number of hydrogen-bond donors (Lipinski definition) is 3. The molecule has 5 aliphatic heterocycles. The van der Waals surface area contributed by atoms with Crippen LogP contribution in [-0.2, 0) is 19.8 Å². The molecule has 6 heterocycles. The highest BCUT2D eigenvalue weighted by Crippen LogP contribution is 2.46. The van der Waals surface area contributed by atoms with Gasteiger partial charge in [-0.2, -0.15) is 0 Å². The third kappa shape index (κ3) is 8.28. The smallest absolute Gasteiger partial charge is 0.255 e. The summed E-state index contributed by atoms with van der Waals surface area (Å²) in [4.78, 5) is 74.9. The molecule has 1 atom stereocenters. The van der Waals surface area contributed by atoms with Gasteiger partial charge in [0.1, 0.15) is 11.8 Å². The van der Waals surface area contributed by atoms with Crippen molar-refractivity contribution in [1.82, 2.24) is 30.2 Å². The van der Waals surface area contributed by atoms with Gasteiger partial charge in [-0.15, -0.1) is 10.2 Å². The molecule has 0 saturated carbocycles. The van der Waals surface area contributed by atoms with Gasteiger partial charge < -0.3 is 35.3 Å². The fourth-order valence-electron chi connectivity index (χ4n) is 10.9. The Balaban J connectivity index is 0.774. The zero-order valence-electron chi connectivity index (χ0n) is 36.5. The summed E-state index contributed by atoms with van der Waals surface area (Å²) < 4.78 is 0. The summed E-state index contributed by atoms with van der Waals surface area (Å²) in [5, 5.41) is 21.3. The van der Waals surface area contributed by atoms with Gasteiger partial charge in [-0.1, -0.05) is 42.5 Å². The van der Waals surface area contributed by atoms with E-state index in [1.807, 2.05) is 36.4 Å². The summed E-state index contributed by atoms with van der Waals surface area (Å²) in [5.74, 6) is -0.0238. The number of benzene rings is 3. The number of hydrogen-bond acceptors (Lipinski definition) is 12. The largest absolute Gasteiger partial charge is 0.507 e. The van der Waals surface area contributed by atoms with Crippen molar-refractivity contribution in [2.45, 2.75) is 62.8 Å². The van der Waals surface area contributed by atoms with E-state index in [9.17, 15) is 29.1 Å². The number of carbonyl (C=O) groups excluding carboxylic acids is 5. The molecule has 0 bridgehead atoms. The van der Waals surface area contributed by atoms with Gasteiger partial charge in [-0.3, -0.25) is 29.3 Å². The van der Waals surface area contributed by atoms with E-state index in [-0.39, 0.29) is 46.9 Å². The van der Waals surface area contributed by atoms with Crippen LogP contribution in [0, 0.1) is 11.3 Å². The fraction of sp³-hybridized carbons (Fsp3) is 0.449. The molecule has 5 aliphatic rings. The molecule has 9 rings (SSSR count). The highest BCUT2D eigenvalue weighted by Gasteiger charge is 2.54. The summed E-state index contributed by atoms with van der Waals surface area (Å²) >= 11 is 0. The van der Waals surface area contributed by atoms with Crippen molar-refractivity contribution >= 4 is 47.1 Å². The number of aldehydes is 1. The van der Waals surface area contributed by atoms with Gasteiger partial charge in [0.15, 0.2) is 12.1 Å². The average Bonchev–Trinajstić information content (AvgIpc) is 3.75. The molecule has 1 unspecified atom stereocenters. The van der Waals surface area contributed by atoms with E-state index in [1.165, 1.54) is 4.90 Å². The van der Waals surface area contributed by atoms with Gasteiger partial charge in [0, 0.05) is 81.5 Å². The summed E-state index contributed by atoms with van der Waals surface area (Å²) in [6.45, 7) is 7.56. The number of phenolic OH excluding ortho intramolecular Hbond substituents is 1. The van der Waals surface area contributed by atoms with Crippen molar-refractivity contribution in [1.29, 1.82) is 0 Å². The van der Waals surface area contributed by atoms with E-state index in [2.05, 4.69) is 47.2 Å². The number of nitrogen functional groups attached to an aromatic ring is 1. The van der Waals surface area contributed by atoms with Crippen molar-refractivity contribution in [3.05, 3.63) is 95.6 Å². The number of likely N-dealkylation sites (N-methyl/N-ethyl adjacent to an activating group) is 1. The molecule has 1 spiro atoms. The van der Waals surface area contributed by atoms with Crippen molar-refractivity contribution < 1.29 is 29.1 Å². The number of rotatable bonds is 11. The molecule has 3 aromatic carbocycles. The molecule has 0 aliphatic carbocycles. The molecule has 1 aromatic heterocycles. The minimum Gasteiger partial charge on any atom is -0.507 e. The lowest BCUT2D eigenvalue weighted by Crippen LogP contribution is -2.64. The number of likely N-dealkylation sites (tertiary alicyclic amines) is 2. The number of carbonyl (C=O) groups is 5. The zero-order chi connectivity index (χ0) is 44.6. The minimum atomic E-state index is -0.770. The van der Waals surface area contributed by atoms with E-state index >= 15 is 0 Å². The third-order valence-corrected chi connectivity index (χ3v) is 14.8. The Morgan fingerprint density at radius 1 is 0.875 bits per heavy atom. The predicted octanol–water partition coefficient (Wildman–Crippen LogP) is 4.50. The van der Waals surface area contributed by atoms with Crippen LogP contribution in [0.15, 0.2) is 78.9 Å². The first-order chi connectivity index (χ1) is 31.0. The van der Waals surface area contributed by atoms with E-state index < -0.39 is 23.3 Å². The van der Waals surface area contributed by atoms with Crippen LogP contribution in [0.25, 0.3) is 11.3 Å². The summed E-state index contributed by atoms with van der Waals surface area (Å²) in [7, 11) is 1.54. The van der Waals surface area contributed by atoms with Gasteiger partial charge in [0.25, 0.3) is 5.91 Å². The van der Waals surface area contributed by atoms with E-state index in [0.717, 1.165) is 88.4 Å². The maximum absolute atomic E-state index is 14.7. The van der Waals surface area contributed by atoms with Gasteiger partial charge >= 0.3 is 0 Å². The first kappa shape index (κ1) is 42.9. The highest BCUT2D eigenvalue weighted by molar-refractivity contribution is 6.06. The second-order valence-electron chi connectivity index (χ2n) is 18.6. The number of anilines is 3. The molecule has 5 saturated heterocycles. The molecular formula is C49H57N9O6. The number of aromatic hydroxyl groups is 1. The van der Waals surface area contributed by atoms with Crippen molar-refractivity contribution in [2.75, 3.05) is 81.5 Å². The van der Waals surface area contributed by atoms with Crippen LogP contribution in [0.1, 0.15) is 77.6 Å². The predicted molar refractivity (Wildman–Crippen MR) is 243 cm³/mol. The highest BCUT2D eigenvalue weighted by atomic mass is 16.3. The van der Waals surface area contributed by atoms with Crippen LogP contribution in [0.2, 0.25) is 0 Å². The normalized spacial score (nSPS) is 21.1. The van der Waals surface area contributed by atoms with Gasteiger partial charge in [-0.25, -0.2) is 0 Å². The van der Waals surface area contributed by atoms with E-state index in [0.29, 0.717) is 55.2 Å². The Morgan fingerprint density at radius 3 is 2.33 bits per heavy atom. The third-order valence-electron chi connectivity index (χ3n) is 14.8. The first-order valence-corrected chi connectivity index (χ1v) is 22.6. The Morgan fingerprint density at radius 2 is 1.61 bits per heavy atom. The maximum Gasteiger partial charge on any atom is 0.255 e. The lowest BCUT2D eigenvalue weighted by atomic mass is 9.69. The standard InChI is InChI=1S/C49H57N9O6/c1-54(40-13-14-43(61)51-45(40)62)46(63)38-27-36(12-11-34(38)29-59)56-22-16-33(17-23-56)15-21-55-24-18-48(30-55)31-58(32-48)47(64)49(35-7-3-2-4-8-35)19-25-57(26-20-49)41-28-39(52-53-44(41)50)37-9-5-6-10-42(37)60/h2-12,27-29,33,40,60H,13-26,30-32H2,1H3,(H2,50,53)(H,51,61,62). The monoisotopic (exact) mass is 867 g/mol. The number of piperidine rings is 3. The molecule has 4 aromatic rings. The Labute approximate surface area is 373 Å². The zero-order valence-corrected chi connectivity index (χ0v) is 36.5. The molecular weight excluding hydrogens is 811 g/mol. The molecule has 4 N–H and O–H groups in total. The van der Waals surface area contributed by atoms with Gasteiger partial charge in [0.05, 0.1) is 22.4 Å². The average molecular weight is 868 g/mol. The van der Waals surface area contributed by atoms with Crippen molar-refractivity contribution in [3.8, 4) is 17.0 Å². The van der Waals surface area contributed by atoms with Crippen LogP contribution in [0.3, 0.4) is 0 Å². The molecule has 64 heavy (non-hydrogen) atoms. The summed E-state index contributed by atoms with van der Waals surface area (Å²) in [6.07, 6.45) is 6.61. The van der Waals surface area contributed by atoms with Crippen molar-refractivity contribution in [2.24, 2.45) is 11.3 Å². The summed E-state index contributed by atoms with van der Waals surface area (Å²) in [5.41, 5.74) is 10.2. The lowest BCUT2D eigenvalue weighted by molar-refractivity contribution is -0.150. The van der Waals surface area contributed by atoms with E-state index in [4.69, 9.17) is 5.73 Å². The Kier molecular flexibility index (Phi) is 11.9. The number of aromatic nitrogens is 2. The molecule has 15 heteroatoms. The molecule has 0 radical (unpaired) electrons. The number of imide groups is 1. The number of para-hydroxylation sites is 1. The van der Waals surface area contributed by atoms with Crippen molar-refractivity contribution in [3.63, 3.8) is 0 Å². The topological polar surface area (TPSA) is 186 Å². The quantitative estimate of drug-likeness (QED) is 0.142. The number of nitrogens with zero attached hydrogens (tertiary/aromatic N) is 7. The fourth-order valence-corrected chi connectivity index (χ4v) is 10.9. The number of nitrogens with one attached hydrogen (secondary N) is 1. The van der Waals surface area contributed by atoms with Crippen LogP contribution in [0.4, 0.5) is 17.2 Å². The minimum absolute atomic E-state index is 0.127. The van der Waals surface area contributed by atoms with Gasteiger partial charge in [0.2, 0.25) is 17.7 Å². The van der Waals surface area contributed by atoms with Crippen LogP contribution >= 0.6 is 0 Å². The summed E-state index contributed by atoms with van der Waals surface area (Å²) in [6, 6.07) is 23.7. The lowest BCUT2D eigenvalue weighted by Gasteiger charge is -2.53. The number of nitrogens with two attached hydrogens (primary N) is 1. The van der Waals surface area contributed by atoms with Gasteiger partial charge in [-0.05, 0) is 106 Å². The molecule has 15 nitrogen and oxygen atoms in total.